The number of nitrogens with zero attached hydrogens (tertiary/aromatic N) is 7. The minimum Gasteiger partial charge on any atom is -0.371 e. The predicted octanol–water partition coefficient (Wildman–Crippen LogP) is 3.23. The molecule has 0 bridgehead atoms. The van der Waals surface area contributed by atoms with E-state index in [0.29, 0.717) is 30.4 Å². The average Bonchev–Trinajstić information content (AvgIpc) is 3.20. The molecule has 2 unspecified atom stereocenters. The van der Waals surface area contributed by atoms with Gasteiger partial charge in [0.25, 0.3) is 0 Å². The Morgan fingerprint density at radius 3 is 2.75 bits per heavy atom. The second-order valence-corrected chi connectivity index (χ2v) is 7.68. The number of halogens is 1. The number of piperidine rings is 1. The summed E-state index contributed by atoms with van der Waals surface area (Å²) in [6, 6.07) is 5.21. The molecule has 0 aliphatic carbocycles. The Labute approximate surface area is 185 Å². The number of nitrogens with one attached hydrogen (secondary N) is 2. The summed E-state index contributed by atoms with van der Waals surface area (Å²) in [7, 11) is 3.39. The Morgan fingerprint density at radius 1 is 1.28 bits per heavy atom. The molecule has 168 valence electrons. The zero-order valence-electron chi connectivity index (χ0n) is 18.5. The van der Waals surface area contributed by atoms with Gasteiger partial charge in [0.15, 0.2) is 5.82 Å². The molecule has 0 spiro atoms. The van der Waals surface area contributed by atoms with E-state index in [1.807, 2.05) is 31.3 Å². The first-order valence-electron chi connectivity index (χ1n) is 10.4. The van der Waals surface area contributed by atoms with Gasteiger partial charge in [-0.1, -0.05) is 0 Å². The number of azo groups is 1. The van der Waals surface area contributed by atoms with Gasteiger partial charge in [0, 0.05) is 39.3 Å². The molecule has 1 amide bonds. The molecule has 1 aliphatic heterocycles. The lowest BCUT2D eigenvalue weighted by molar-refractivity contribution is -0.131. The summed E-state index contributed by atoms with van der Waals surface area (Å²) in [4.78, 5) is 22.3. The molecule has 4 rings (SSSR count). The number of carbonyl (C=O) groups is 1. The monoisotopic (exact) mass is 439 g/mol. The second-order valence-electron chi connectivity index (χ2n) is 7.68. The third-order valence-electron chi connectivity index (χ3n) is 5.59. The maximum absolute atomic E-state index is 14.6. The van der Waals surface area contributed by atoms with E-state index >= 15 is 0 Å². The van der Waals surface area contributed by atoms with Crippen molar-refractivity contribution in [2.24, 2.45) is 10.2 Å². The Kier molecular flexibility index (Phi) is 5.97. The molecule has 0 radical (unpaired) electrons. The van der Waals surface area contributed by atoms with E-state index < -0.39 is 12.2 Å². The second kappa shape index (κ2) is 8.85. The third-order valence-corrected chi connectivity index (χ3v) is 5.59. The highest BCUT2D eigenvalue weighted by Gasteiger charge is 2.31. The largest absolute Gasteiger partial charge is 0.371 e. The molecular formula is C21H26FN9O. The van der Waals surface area contributed by atoms with Gasteiger partial charge in [-0.2, -0.15) is 15.2 Å². The van der Waals surface area contributed by atoms with Crippen molar-refractivity contribution in [2.45, 2.75) is 32.5 Å². The highest BCUT2D eigenvalue weighted by atomic mass is 19.1. The van der Waals surface area contributed by atoms with Gasteiger partial charge in [0.05, 0.1) is 24.0 Å². The molecule has 0 saturated carbocycles. The first-order valence-corrected chi connectivity index (χ1v) is 10.4. The van der Waals surface area contributed by atoms with Crippen molar-refractivity contribution < 1.29 is 9.18 Å². The van der Waals surface area contributed by atoms with Crippen LogP contribution in [0.2, 0.25) is 0 Å². The number of alkyl halides is 1. The van der Waals surface area contributed by atoms with Gasteiger partial charge in [-0.25, -0.2) is 8.91 Å². The van der Waals surface area contributed by atoms with Gasteiger partial charge in [0.1, 0.15) is 17.4 Å². The smallest absolute Gasteiger partial charge is 0.243 e. The minimum absolute atomic E-state index is 0.0699. The lowest BCUT2D eigenvalue weighted by atomic mass is 10.0. The normalized spacial score (nSPS) is 19.0. The van der Waals surface area contributed by atoms with Crippen LogP contribution in [-0.4, -0.2) is 69.8 Å². The molecule has 3 aromatic heterocycles. The van der Waals surface area contributed by atoms with Crippen molar-refractivity contribution in [3.8, 4) is 11.3 Å². The molecule has 10 nitrogen and oxygen atoms in total. The summed E-state index contributed by atoms with van der Waals surface area (Å²) < 4.78 is 16.3. The van der Waals surface area contributed by atoms with E-state index in [0.717, 1.165) is 22.5 Å². The summed E-state index contributed by atoms with van der Waals surface area (Å²) in [6.45, 7) is 3.91. The number of aromatic nitrogens is 4. The van der Waals surface area contributed by atoms with Crippen LogP contribution >= 0.6 is 0 Å². The Hall–Kier alpha value is -3.63. The molecule has 1 aliphatic rings. The lowest BCUT2D eigenvalue weighted by Crippen LogP contribution is -2.49. The van der Waals surface area contributed by atoms with E-state index in [2.05, 4.69) is 35.9 Å². The SMILES string of the molecule is CN=Nc1ccc(-c2ccn3nc(NC4CCN(C(C)=O)CC4F)nc(NC)c23)nc1C. The first-order chi connectivity index (χ1) is 15.4. The van der Waals surface area contributed by atoms with Gasteiger partial charge in [-0.05, 0) is 31.5 Å². The fourth-order valence-corrected chi connectivity index (χ4v) is 3.90. The molecule has 1 saturated heterocycles. The van der Waals surface area contributed by atoms with Gasteiger partial charge in [-0.15, -0.1) is 5.10 Å². The summed E-state index contributed by atoms with van der Waals surface area (Å²) in [6.07, 6.45) is 1.11. The minimum atomic E-state index is -1.20. The standard InChI is InChI=1S/C21H26FN9O/c1-12-16(28-24-4)5-6-17(25-12)14-7-10-31-19(14)20(23-3)27-21(29-31)26-18-8-9-30(13(2)32)11-15(18)22/h5-7,10,15,18H,8-9,11H2,1-4H3,(H2,23,26,27,29). The molecule has 4 heterocycles. The zero-order chi connectivity index (χ0) is 22.8. The number of amides is 1. The third kappa shape index (κ3) is 4.10. The number of hydrogen-bond acceptors (Lipinski definition) is 8. The van der Waals surface area contributed by atoms with Crippen molar-refractivity contribution in [3.05, 3.63) is 30.1 Å². The number of anilines is 2. The van der Waals surface area contributed by atoms with Crippen LogP contribution in [0.4, 0.5) is 21.8 Å². The number of fused-ring (bicyclic) bond motifs is 1. The predicted molar refractivity (Wildman–Crippen MR) is 120 cm³/mol. The number of carbonyl (C=O) groups excluding carboxylic acids is 1. The van der Waals surface area contributed by atoms with Crippen molar-refractivity contribution in [2.75, 3.05) is 37.8 Å². The topological polar surface area (TPSA) is 112 Å². The van der Waals surface area contributed by atoms with E-state index in [1.165, 1.54) is 11.8 Å². The summed E-state index contributed by atoms with van der Waals surface area (Å²) in [5.41, 5.74) is 3.87. The summed E-state index contributed by atoms with van der Waals surface area (Å²) in [5, 5.41) is 18.6. The quantitative estimate of drug-likeness (QED) is 0.591. The molecule has 2 atom stereocenters. The molecule has 1 fully saturated rings. The van der Waals surface area contributed by atoms with Crippen LogP contribution in [-0.2, 0) is 4.79 Å². The highest BCUT2D eigenvalue weighted by molar-refractivity contribution is 5.87. The Morgan fingerprint density at radius 2 is 2.09 bits per heavy atom. The summed E-state index contributed by atoms with van der Waals surface area (Å²) >= 11 is 0. The van der Waals surface area contributed by atoms with Crippen molar-refractivity contribution in [1.29, 1.82) is 0 Å². The zero-order valence-corrected chi connectivity index (χ0v) is 18.5. The van der Waals surface area contributed by atoms with Crippen molar-refractivity contribution >= 4 is 28.9 Å². The van der Waals surface area contributed by atoms with Crippen molar-refractivity contribution in [1.82, 2.24) is 24.5 Å². The van der Waals surface area contributed by atoms with E-state index in [4.69, 9.17) is 0 Å². The average molecular weight is 439 g/mol. The number of pyridine rings is 1. The number of rotatable bonds is 5. The molecule has 11 heteroatoms. The van der Waals surface area contributed by atoms with Gasteiger partial charge in [0.2, 0.25) is 11.9 Å². The van der Waals surface area contributed by atoms with Crippen LogP contribution in [0.25, 0.3) is 16.8 Å². The van der Waals surface area contributed by atoms with E-state index in [1.54, 1.807) is 18.6 Å². The summed E-state index contributed by atoms with van der Waals surface area (Å²) in [5.74, 6) is 0.794. The Balaban J connectivity index is 1.64. The first kappa shape index (κ1) is 21.6. The Bertz CT molecular complexity index is 1180. The van der Waals surface area contributed by atoms with Crippen LogP contribution in [0.15, 0.2) is 34.6 Å². The van der Waals surface area contributed by atoms with Crippen LogP contribution in [0, 0.1) is 6.92 Å². The molecule has 0 aromatic carbocycles. The fraction of sp³-hybridized carbons (Fsp3) is 0.429. The van der Waals surface area contributed by atoms with Gasteiger partial charge >= 0.3 is 0 Å². The van der Waals surface area contributed by atoms with Gasteiger partial charge in [-0.3, -0.25) is 9.78 Å². The fourth-order valence-electron chi connectivity index (χ4n) is 3.90. The van der Waals surface area contributed by atoms with E-state index in [-0.39, 0.29) is 12.5 Å². The highest BCUT2D eigenvalue weighted by Crippen LogP contribution is 2.31. The maximum atomic E-state index is 14.6. The maximum Gasteiger partial charge on any atom is 0.243 e. The number of hydrogen-bond donors (Lipinski definition) is 2. The van der Waals surface area contributed by atoms with Crippen LogP contribution in [0.3, 0.4) is 0 Å². The van der Waals surface area contributed by atoms with Crippen LogP contribution in [0.5, 0.6) is 0 Å². The van der Waals surface area contributed by atoms with Gasteiger partial charge < -0.3 is 15.5 Å². The molecular weight excluding hydrogens is 413 g/mol. The molecule has 3 aromatic rings. The van der Waals surface area contributed by atoms with Crippen molar-refractivity contribution in [3.63, 3.8) is 0 Å². The van der Waals surface area contributed by atoms with Crippen LogP contribution < -0.4 is 10.6 Å². The number of aryl methyl sites for hydroxylation is 1. The lowest BCUT2D eigenvalue weighted by Gasteiger charge is -2.34. The molecule has 32 heavy (non-hydrogen) atoms. The van der Waals surface area contributed by atoms with E-state index in [9.17, 15) is 9.18 Å². The van der Waals surface area contributed by atoms with Crippen LogP contribution in [0.1, 0.15) is 19.0 Å². The number of likely N-dealkylation sites (tertiary alicyclic amines) is 1. The molecule has 2 N–H and O–H groups in total.